The van der Waals surface area contributed by atoms with Crippen molar-refractivity contribution in [1.82, 2.24) is 9.97 Å². The van der Waals surface area contributed by atoms with E-state index in [9.17, 15) is 22.4 Å². The second-order valence-corrected chi connectivity index (χ2v) is 3.48. The number of aromatic amines is 1. The van der Waals surface area contributed by atoms with Gasteiger partial charge in [-0.25, -0.2) is 14.2 Å². The number of halogens is 4. The summed E-state index contributed by atoms with van der Waals surface area (Å²) in [4.78, 5) is 16.6. The lowest BCUT2D eigenvalue weighted by Gasteiger charge is -2.09. The monoisotopic (exact) mass is 258 g/mol. The lowest BCUT2D eigenvalue weighted by molar-refractivity contribution is -0.139. The van der Waals surface area contributed by atoms with Gasteiger partial charge in [0, 0.05) is 11.8 Å². The molecular formula is C11H6F4N2O. The van der Waals surface area contributed by atoms with E-state index in [1.165, 1.54) is 12.3 Å². The van der Waals surface area contributed by atoms with E-state index in [1.807, 2.05) is 0 Å². The van der Waals surface area contributed by atoms with Crippen LogP contribution in [-0.4, -0.2) is 9.97 Å². The van der Waals surface area contributed by atoms with Crippen molar-refractivity contribution in [3.05, 3.63) is 52.3 Å². The number of rotatable bonds is 1. The van der Waals surface area contributed by atoms with E-state index >= 15 is 0 Å². The molecule has 3 nitrogen and oxygen atoms in total. The third-order valence-corrected chi connectivity index (χ3v) is 2.26. The number of alkyl halides is 3. The van der Waals surface area contributed by atoms with E-state index < -0.39 is 23.2 Å². The van der Waals surface area contributed by atoms with Crippen LogP contribution in [0.15, 0.2) is 35.3 Å². The van der Waals surface area contributed by atoms with Gasteiger partial charge in [0.05, 0.1) is 11.3 Å². The highest BCUT2D eigenvalue weighted by molar-refractivity contribution is 5.59. The highest BCUT2D eigenvalue weighted by Gasteiger charge is 2.33. The predicted molar refractivity (Wildman–Crippen MR) is 55.3 cm³/mol. The molecule has 94 valence electrons. The summed E-state index contributed by atoms with van der Waals surface area (Å²) in [6.07, 6.45) is -3.56. The molecule has 0 aliphatic heterocycles. The zero-order chi connectivity index (χ0) is 13.3. The standard InChI is InChI=1S/C11H6F4N2O/c12-8-5-6(1-2-7(8)11(13,14)15)9-3-4-16-10(18)17-9/h1-5H,(H,16,17,18). The van der Waals surface area contributed by atoms with Crippen molar-refractivity contribution in [1.29, 1.82) is 0 Å². The first-order valence-corrected chi connectivity index (χ1v) is 4.80. The number of nitrogens with zero attached hydrogens (tertiary/aromatic N) is 1. The van der Waals surface area contributed by atoms with Gasteiger partial charge in [-0.3, -0.25) is 0 Å². The molecule has 0 aliphatic carbocycles. The van der Waals surface area contributed by atoms with Crippen LogP contribution in [-0.2, 0) is 6.18 Å². The second kappa shape index (κ2) is 4.25. The van der Waals surface area contributed by atoms with Crippen LogP contribution in [0.25, 0.3) is 11.3 Å². The molecule has 1 N–H and O–H groups in total. The highest BCUT2D eigenvalue weighted by atomic mass is 19.4. The number of hydrogen-bond acceptors (Lipinski definition) is 2. The fourth-order valence-corrected chi connectivity index (χ4v) is 1.45. The van der Waals surface area contributed by atoms with Crippen LogP contribution in [0.2, 0.25) is 0 Å². The van der Waals surface area contributed by atoms with Crippen LogP contribution >= 0.6 is 0 Å². The molecule has 0 aliphatic rings. The van der Waals surface area contributed by atoms with E-state index in [0.717, 1.165) is 6.07 Å². The molecule has 0 saturated carbocycles. The van der Waals surface area contributed by atoms with Crippen molar-refractivity contribution in [3.8, 4) is 11.3 Å². The third kappa shape index (κ3) is 2.39. The summed E-state index contributed by atoms with van der Waals surface area (Å²) in [6.45, 7) is 0. The average molecular weight is 258 g/mol. The van der Waals surface area contributed by atoms with Gasteiger partial charge in [-0.05, 0) is 18.2 Å². The fraction of sp³-hybridized carbons (Fsp3) is 0.0909. The van der Waals surface area contributed by atoms with Gasteiger partial charge in [0.1, 0.15) is 5.82 Å². The summed E-state index contributed by atoms with van der Waals surface area (Å²) in [5, 5.41) is 0. The summed E-state index contributed by atoms with van der Waals surface area (Å²) in [5.74, 6) is -1.39. The Morgan fingerprint density at radius 3 is 2.44 bits per heavy atom. The van der Waals surface area contributed by atoms with Crippen molar-refractivity contribution in [3.63, 3.8) is 0 Å². The van der Waals surface area contributed by atoms with Crippen LogP contribution in [0.3, 0.4) is 0 Å². The minimum Gasteiger partial charge on any atom is -0.305 e. The number of nitrogens with one attached hydrogen (secondary N) is 1. The topological polar surface area (TPSA) is 45.8 Å². The van der Waals surface area contributed by atoms with Crippen LogP contribution in [0.4, 0.5) is 17.6 Å². The van der Waals surface area contributed by atoms with Crippen LogP contribution < -0.4 is 5.69 Å². The Hall–Kier alpha value is -2.18. The molecule has 1 heterocycles. The lowest BCUT2D eigenvalue weighted by Crippen LogP contribution is -2.10. The smallest absolute Gasteiger partial charge is 0.305 e. The van der Waals surface area contributed by atoms with Crippen molar-refractivity contribution < 1.29 is 17.6 Å². The zero-order valence-electron chi connectivity index (χ0n) is 8.75. The largest absolute Gasteiger partial charge is 0.419 e. The second-order valence-electron chi connectivity index (χ2n) is 3.48. The minimum absolute atomic E-state index is 0.139. The van der Waals surface area contributed by atoms with Crippen LogP contribution in [0.1, 0.15) is 5.56 Å². The van der Waals surface area contributed by atoms with Crippen molar-refractivity contribution in [2.45, 2.75) is 6.18 Å². The average Bonchev–Trinajstić information content (AvgIpc) is 2.27. The number of aromatic nitrogens is 2. The minimum atomic E-state index is -4.74. The molecule has 7 heteroatoms. The molecule has 2 aromatic rings. The SMILES string of the molecule is O=c1nccc(-c2ccc(C(F)(F)F)c(F)c2)[nH]1. The van der Waals surface area contributed by atoms with E-state index in [1.54, 1.807) is 0 Å². The Bertz CT molecular complexity index is 633. The van der Waals surface area contributed by atoms with Crippen molar-refractivity contribution in [2.75, 3.05) is 0 Å². The predicted octanol–water partition coefficient (Wildman–Crippen LogP) is 2.59. The van der Waals surface area contributed by atoms with Gasteiger partial charge in [0.15, 0.2) is 0 Å². The van der Waals surface area contributed by atoms with Gasteiger partial charge in [-0.15, -0.1) is 0 Å². The van der Waals surface area contributed by atoms with Crippen LogP contribution in [0.5, 0.6) is 0 Å². The molecule has 0 bridgehead atoms. The summed E-state index contributed by atoms with van der Waals surface area (Å²) in [7, 11) is 0. The van der Waals surface area contributed by atoms with Crippen molar-refractivity contribution >= 4 is 0 Å². The number of H-pyrrole nitrogens is 1. The van der Waals surface area contributed by atoms with E-state index in [4.69, 9.17) is 0 Å². The molecule has 1 aromatic heterocycles. The molecule has 0 fully saturated rings. The lowest BCUT2D eigenvalue weighted by atomic mass is 10.1. The van der Waals surface area contributed by atoms with Gasteiger partial charge in [0.25, 0.3) is 0 Å². The first-order valence-electron chi connectivity index (χ1n) is 4.80. The molecule has 2 rings (SSSR count). The Morgan fingerprint density at radius 1 is 1.17 bits per heavy atom. The zero-order valence-corrected chi connectivity index (χ0v) is 8.75. The number of hydrogen-bond donors (Lipinski definition) is 1. The van der Waals surface area contributed by atoms with Gasteiger partial charge >= 0.3 is 11.9 Å². The first kappa shape index (κ1) is 12.3. The number of benzene rings is 1. The quantitative estimate of drug-likeness (QED) is 0.799. The van der Waals surface area contributed by atoms with Gasteiger partial charge in [-0.2, -0.15) is 13.2 Å². The summed E-state index contributed by atoms with van der Waals surface area (Å²) in [6, 6.07) is 3.79. The van der Waals surface area contributed by atoms with E-state index in [2.05, 4.69) is 9.97 Å². The molecule has 0 atom stereocenters. The maximum atomic E-state index is 13.3. The maximum absolute atomic E-state index is 13.3. The summed E-state index contributed by atoms with van der Waals surface area (Å²) >= 11 is 0. The van der Waals surface area contributed by atoms with Crippen LogP contribution in [0, 0.1) is 5.82 Å². The molecule has 18 heavy (non-hydrogen) atoms. The third-order valence-electron chi connectivity index (χ3n) is 2.26. The fourth-order valence-electron chi connectivity index (χ4n) is 1.45. The van der Waals surface area contributed by atoms with Gasteiger partial charge in [-0.1, -0.05) is 6.07 Å². The Morgan fingerprint density at radius 2 is 1.89 bits per heavy atom. The summed E-state index contributed by atoms with van der Waals surface area (Å²) < 4.78 is 50.3. The maximum Gasteiger partial charge on any atom is 0.419 e. The molecule has 0 unspecified atom stereocenters. The normalized spacial score (nSPS) is 11.6. The molecule has 1 aromatic carbocycles. The van der Waals surface area contributed by atoms with Gasteiger partial charge in [0.2, 0.25) is 0 Å². The molecule has 0 radical (unpaired) electrons. The van der Waals surface area contributed by atoms with Gasteiger partial charge < -0.3 is 4.98 Å². The molecule has 0 amide bonds. The highest BCUT2D eigenvalue weighted by Crippen LogP contribution is 2.32. The Kier molecular flexibility index (Phi) is 2.90. The van der Waals surface area contributed by atoms with E-state index in [0.29, 0.717) is 12.1 Å². The Labute approximate surface area is 98.1 Å². The Balaban J connectivity index is 2.50. The molecule has 0 saturated heterocycles. The van der Waals surface area contributed by atoms with E-state index in [-0.39, 0.29) is 11.3 Å². The molecular weight excluding hydrogens is 252 g/mol. The summed E-state index contributed by atoms with van der Waals surface area (Å²) in [5.41, 5.74) is -1.67. The molecule has 0 spiro atoms. The van der Waals surface area contributed by atoms with Crippen molar-refractivity contribution in [2.24, 2.45) is 0 Å². The first-order chi connectivity index (χ1) is 8.38.